The maximum absolute atomic E-state index is 11.9. The summed E-state index contributed by atoms with van der Waals surface area (Å²) >= 11 is -4.15. The summed E-state index contributed by atoms with van der Waals surface area (Å²) in [7, 11) is 0. The van der Waals surface area contributed by atoms with Crippen LogP contribution in [0.5, 0.6) is 0 Å². The van der Waals surface area contributed by atoms with Crippen LogP contribution in [0.1, 0.15) is 12.8 Å². The van der Waals surface area contributed by atoms with Gasteiger partial charge in [-0.25, -0.2) is 30.8 Å². The third-order valence-corrected chi connectivity index (χ3v) is 4.42. The van der Waals surface area contributed by atoms with Gasteiger partial charge in [0.25, 0.3) is 0 Å². The van der Waals surface area contributed by atoms with E-state index in [-0.39, 0.29) is 30.8 Å². The fourth-order valence-corrected chi connectivity index (χ4v) is 1.95. The molecule has 224 valence electrons. The van der Waals surface area contributed by atoms with E-state index in [1.54, 1.807) is 0 Å². The first kappa shape index (κ1) is 42.2. The summed E-state index contributed by atoms with van der Waals surface area (Å²) in [5.74, 6) is -4.52. The Morgan fingerprint density at radius 1 is 0.838 bits per heavy atom. The number of carbonyl (C=O) groups is 3. The molecule has 21 heteroatoms. The molecule has 8 atom stereocenters. The monoisotopic (exact) mass is 597 g/mol. The molecular weight excluding hydrogens is 562 g/mol. The van der Waals surface area contributed by atoms with Gasteiger partial charge in [-0.3, -0.25) is 9.59 Å². The first-order valence-electron chi connectivity index (χ1n) is 9.85. The molecule has 0 aliphatic heterocycles. The molecular formula is C16H35F4N5O10S2. The minimum Gasteiger partial charge on any atom is -0.481 e. The Morgan fingerprint density at radius 2 is 1.24 bits per heavy atom. The van der Waals surface area contributed by atoms with E-state index in [4.69, 9.17) is 41.6 Å². The first-order chi connectivity index (χ1) is 16.8. The van der Waals surface area contributed by atoms with Crippen LogP contribution >= 0.6 is 0 Å². The second-order valence-corrected chi connectivity index (χ2v) is 8.59. The Morgan fingerprint density at radius 3 is 1.30 bits per heavy atom. The number of rotatable bonds is 11. The van der Waals surface area contributed by atoms with E-state index in [0.717, 1.165) is 0 Å². The van der Waals surface area contributed by atoms with Crippen molar-refractivity contribution < 1.29 is 64.8 Å². The Bertz CT molecular complexity index is 652. The molecule has 0 amide bonds. The highest BCUT2D eigenvalue weighted by Crippen LogP contribution is 2.27. The van der Waals surface area contributed by atoms with Crippen LogP contribution < -0.4 is 28.7 Å². The van der Waals surface area contributed by atoms with E-state index in [1.807, 2.05) is 0 Å². The van der Waals surface area contributed by atoms with Gasteiger partial charge >= 0.3 is 17.9 Å². The second kappa shape index (κ2) is 25.8. The highest BCUT2D eigenvalue weighted by molar-refractivity contribution is 7.79. The van der Waals surface area contributed by atoms with Crippen LogP contribution in [0.4, 0.5) is 17.6 Å². The summed E-state index contributed by atoms with van der Waals surface area (Å²) in [5.41, 5.74) is 23.9. The topological polar surface area (TPSA) is 317 Å². The SMILES string of the molecule is NC(F)CS(=O)O.NC1CC1C(=O)O.NCC(F)C(=O)O.NCC(F)CC(=O)O.NCC(F)CS(=O)O. The Balaban J connectivity index is -0.000000184. The minimum absolute atomic E-state index is 0.0579. The van der Waals surface area contributed by atoms with E-state index in [9.17, 15) is 40.4 Å². The summed E-state index contributed by atoms with van der Waals surface area (Å²) in [4.78, 5) is 29.0. The third kappa shape index (κ3) is 38.8. The van der Waals surface area contributed by atoms with Gasteiger partial charge in [0, 0.05) is 25.7 Å². The Hall–Kier alpha value is -1.85. The van der Waals surface area contributed by atoms with Gasteiger partial charge in [0.1, 0.15) is 12.3 Å². The maximum Gasteiger partial charge on any atom is 0.339 e. The molecule has 1 fully saturated rings. The number of carboxylic acids is 3. The smallest absolute Gasteiger partial charge is 0.339 e. The third-order valence-electron chi connectivity index (χ3n) is 3.16. The molecule has 0 radical (unpaired) electrons. The van der Waals surface area contributed by atoms with E-state index >= 15 is 0 Å². The van der Waals surface area contributed by atoms with E-state index in [1.165, 1.54) is 0 Å². The molecule has 15 nitrogen and oxygen atoms in total. The van der Waals surface area contributed by atoms with Crippen molar-refractivity contribution in [3.05, 3.63) is 0 Å². The van der Waals surface area contributed by atoms with Crippen LogP contribution in [-0.2, 0) is 36.5 Å². The normalized spacial score (nSPS) is 20.0. The summed E-state index contributed by atoms with van der Waals surface area (Å²) in [6.45, 7) is -0.853. The van der Waals surface area contributed by atoms with Gasteiger partial charge in [-0.05, 0) is 6.42 Å². The molecule has 0 saturated heterocycles. The zero-order valence-electron chi connectivity index (χ0n) is 19.4. The Kier molecular flexibility index (Phi) is 29.4. The van der Waals surface area contributed by atoms with Crippen LogP contribution in [0.3, 0.4) is 0 Å². The van der Waals surface area contributed by atoms with Gasteiger partial charge in [-0.2, -0.15) is 0 Å². The highest BCUT2D eigenvalue weighted by Gasteiger charge is 2.39. The van der Waals surface area contributed by atoms with Crippen LogP contribution in [-0.4, -0.2) is 113 Å². The van der Waals surface area contributed by atoms with Gasteiger partial charge in [0.05, 0.1) is 23.8 Å². The van der Waals surface area contributed by atoms with Gasteiger partial charge < -0.3 is 53.1 Å². The van der Waals surface area contributed by atoms with E-state index < -0.39 is 83.6 Å². The van der Waals surface area contributed by atoms with Gasteiger partial charge in [0.15, 0.2) is 28.5 Å². The number of nitrogens with two attached hydrogens (primary N) is 5. The van der Waals surface area contributed by atoms with Crippen molar-refractivity contribution in [1.29, 1.82) is 0 Å². The standard InChI is InChI=1S/C4H8FNO2.C4H7NO2.C3H8FNO2S.C3H6FNO2.C2H6FNO2S/c5-3(2-6)1-4(7)8;5-3-1-2(3)4(6)7;4-3(1-5)2-8(6)7;4-2(1-5)3(6)7;3-2(4)1-7(5)6/h3H,1-2,6H2,(H,7,8);2-3H,1,5H2,(H,6,7);3H,1-2,5H2,(H,6,7);2H,1,5H2,(H,6,7);2H,1,4H2,(H,5,6). The summed E-state index contributed by atoms with van der Waals surface area (Å²) in [6, 6.07) is -0.0579. The molecule has 0 spiro atoms. The average Bonchev–Trinajstić information content (AvgIpc) is 3.50. The van der Waals surface area contributed by atoms with Crippen LogP contribution in [0.15, 0.2) is 0 Å². The zero-order valence-corrected chi connectivity index (χ0v) is 21.0. The molecule has 0 bridgehead atoms. The summed E-state index contributed by atoms with van der Waals surface area (Å²) in [6.07, 6.45) is -6.15. The molecule has 1 rings (SSSR count). The largest absolute Gasteiger partial charge is 0.481 e. The number of halogens is 4. The lowest BCUT2D eigenvalue weighted by Gasteiger charge is -1.97. The van der Waals surface area contributed by atoms with Gasteiger partial charge in [-0.15, -0.1) is 0 Å². The van der Waals surface area contributed by atoms with Crippen molar-refractivity contribution in [2.24, 2.45) is 34.6 Å². The summed E-state index contributed by atoms with van der Waals surface area (Å²) < 4.78 is 82.0. The second-order valence-electron chi connectivity index (χ2n) is 6.64. The average molecular weight is 598 g/mol. The van der Waals surface area contributed by atoms with E-state index in [2.05, 4.69) is 11.5 Å². The number of carboxylic acid groups (broad SMARTS) is 3. The fraction of sp³-hybridized carbons (Fsp3) is 0.812. The molecule has 1 aliphatic carbocycles. The number of alkyl halides is 4. The van der Waals surface area contributed by atoms with Crippen LogP contribution in [0, 0.1) is 5.92 Å². The van der Waals surface area contributed by atoms with Crippen molar-refractivity contribution >= 4 is 40.1 Å². The molecule has 15 N–H and O–H groups in total. The molecule has 0 aromatic rings. The van der Waals surface area contributed by atoms with Crippen molar-refractivity contribution in [1.82, 2.24) is 0 Å². The van der Waals surface area contributed by atoms with Crippen molar-refractivity contribution in [3.63, 3.8) is 0 Å². The molecule has 0 aromatic heterocycles. The first-order valence-corrected chi connectivity index (χ1v) is 12.4. The predicted octanol–water partition coefficient (Wildman–Crippen LogP) is -2.49. The minimum atomic E-state index is -2.10. The quantitative estimate of drug-likeness (QED) is 0.0669. The number of hydrogen-bond donors (Lipinski definition) is 10. The molecule has 0 aromatic carbocycles. The van der Waals surface area contributed by atoms with Crippen LogP contribution in [0.25, 0.3) is 0 Å². The van der Waals surface area contributed by atoms with Crippen molar-refractivity contribution in [2.75, 3.05) is 31.1 Å². The lowest BCUT2D eigenvalue weighted by molar-refractivity contribution is -0.142. The fourth-order valence-electron chi connectivity index (χ4n) is 1.23. The van der Waals surface area contributed by atoms with Gasteiger partial charge in [-0.1, -0.05) is 0 Å². The predicted molar refractivity (Wildman–Crippen MR) is 126 cm³/mol. The molecule has 0 heterocycles. The van der Waals surface area contributed by atoms with Crippen molar-refractivity contribution in [2.45, 2.75) is 43.7 Å². The zero-order chi connectivity index (χ0) is 30.3. The van der Waals surface area contributed by atoms with Crippen molar-refractivity contribution in [3.8, 4) is 0 Å². The number of aliphatic carboxylic acids is 3. The molecule has 37 heavy (non-hydrogen) atoms. The van der Waals surface area contributed by atoms with Gasteiger partial charge in [0.2, 0.25) is 6.17 Å². The lowest BCUT2D eigenvalue weighted by Crippen LogP contribution is -2.24. The molecule has 1 aliphatic rings. The number of hydrogen-bond acceptors (Lipinski definition) is 10. The highest BCUT2D eigenvalue weighted by atomic mass is 32.2. The Labute approximate surface area is 214 Å². The lowest BCUT2D eigenvalue weighted by atomic mass is 10.3. The van der Waals surface area contributed by atoms with E-state index in [0.29, 0.717) is 6.42 Å². The van der Waals surface area contributed by atoms with Crippen LogP contribution in [0.2, 0.25) is 0 Å². The maximum atomic E-state index is 11.9. The molecule has 8 unspecified atom stereocenters. The molecule has 1 saturated carbocycles. The summed E-state index contributed by atoms with van der Waals surface area (Å²) in [5, 5.41) is 23.8.